The number of carbonyl (C=O) groups excluding carboxylic acids is 1. The lowest BCUT2D eigenvalue weighted by Gasteiger charge is -2.22. The first kappa shape index (κ1) is 18.4. The largest absolute Gasteiger partial charge is 0.399 e. The quantitative estimate of drug-likeness (QED) is 0.434. The Morgan fingerprint density at radius 1 is 1.03 bits per heavy atom. The highest BCUT2D eigenvalue weighted by Gasteiger charge is 2.17. The Hall–Kier alpha value is -3.68. The molecule has 3 N–H and O–H groups in total. The molecule has 0 aliphatic heterocycles. The third-order valence-electron chi connectivity index (χ3n) is 5.52. The molecule has 1 aromatic carbocycles. The van der Waals surface area contributed by atoms with E-state index in [0.717, 1.165) is 11.0 Å². The van der Waals surface area contributed by atoms with Gasteiger partial charge in [-0.05, 0) is 48.6 Å². The molecule has 1 amide bonds. The lowest BCUT2D eigenvalue weighted by molar-refractivity contribution is 0.0991. The number of hydrogen-bond donors (Lipinski definition) is 3. The van der Waals surface area contributed by atoms with Crippen LogP contribution in [0.1, 0.15) is 54.3 Å². The van der Waals surface area contributed by atoms with Crippen LogP contribution in [0.2, 0.25) is 0 Å². The van der Waals surface area contributed by atoms with E-state index < -0.39 is 5.91 Å². The van der Waals surface area contributed by atoms with Crippen LogP contribution in [0.25, 0.3) is 11.0 Å². The summed E-state index contributed by atoms with van der Waals surface area (Å²) in [6.07, 6.45) is 9.89. The molecule has 8 heteroatoms. The van der Waals surface area contributed by atoms with Crippen LogP contribution in [0.5, 0.6) is 0 Å². The predicted octanol–water partition coefficient (Wildman–Crippen LogP) is 4.99. The lowest BCUT2D eigenvalue weighted by atomic mass is 9.84. The summed E-state index contributed by atoms with van der Waals surface area (Å²) in [5.41, 5.74) is 3.52. The smallest absolute Gasteiger partial charge is 0.320 e. The Kier molecular flexibility index (Phi) is 4.88. The molecule has 3 aromatic heterocycles. The average molecular weight is 402 g/mol. The van der Waals surface area contributed by atoms with Crippen molar-refractivity contribution in [1.82, 2.24) is 20.2 Å². The molecule has 0 saturated heterocycles. The first-order chi connectivity index (χ1) is 14.7. The molecular weight excluding hydrogens is 380 g/mol. The third-order valence-corrected chi connectivity index (χ3v) is 5.52. The number of H-pyrrole nitrogens is 1. The van der Waals surface area contributed by atoms with Gasteiger partial charge in [-0.25, -0.2) is 4.98 Å². The highest BCUT2D eigenvalue weighted by Crippen LogP contribution is 2.33. The van der Waals surface area contributed by atoms with Gasteiger partial charge in [-0.3, -0.25) is 4.79 Å². The summed E-state index contributed by atoms with van der Waals surface area (Å²) >= 11 is 0. The van der Waals surface area contributed by atoms with E-state index in [1.54, 1.807) is 6.20 Å². The maximum absolute atomic E-state index is 12.5. The van der Waals surface area contributed by atoms with Crippen LogP contribution in [0, 0.1) is 0 Å². The Balaban J connectivity index is 1.22. The van der Waals surface area contributed by atoms with Crippen molar-refractivity contribution in [3.63, 3.8) is 0 Å². The predicted molar refractivity (Wildman–Crippen MR) is 114 cm³/mol. The van der Waals surface area contributed by atoms with E-state index in [1.165, 1.54) is 37.7 Å². The van der Waals surface area contributed by atoms with Crippen molar-refractivity contribution in [2.24, 2.45) is 0 Å². The fraction of sp³-hybridized carbons (Fsp3) is 0.273. The Bertz CT molecular complexity index is 1160. The number of rotatable bonds is 5. The molecule has 0 bridgehead atoms. The SMILES string of the molecule is O=C(Nc1ccc(C2CCCCC2)cc1)c1nnc(Nc2cnc3[nH]ccc3c2)o1. The topological polar surface area (TPSA) is 109 Å². The monoisotopic (exact) mass is 402 g/mol. The minimum atomic E-state index is -0.444. The van der Waals surface area contributed by atoms with Crippen molar-refractivity contribution >= 4 is 34.3 Å². The maximum atomic E-state index is 12.5. The number of aromatic amines is 1. The van der Waals surface area contributed by atoms with Gasteiger partial charge in [0.1, 0.15) is 5.65 Å². The van der Waals surface area contributed by atoms with Crippen LogP contribution in [-0.2, 0) is 0 Å². The molecule has 8 nitrogen and oxygen atoms in total. The highest BCUT2D eigenvalue weighted by molar-refractivity contribution is 6.00. The van der Waals surface area contributed by atoms with Gasteiger partial charge in [0.05, 0.1) is 11.9 Å². The molecule has 1 aliphatic rings. The van der Waals surface area contributed by atoms with Crippen LogP contribution < -0.4 is 10.6 Å². The third kappa shape index (κ3) is 3.89. The first-order valence-corrected chi connectivity index (χ1v) is 10.2. The number of nitrogens with zero attached hydrogens (tertiary/aromatic N) is 3. The zero-order chi connectivity index (χ0) is 20.3. The second kappa shape index (κ2) is 7.98. The molecule has 3 heterocycles. The Morgan fingerprint density at radius 3 is 2.70 bits per heavy atom. The van der Waals surface area contributed by atoms with Crippen molar-refractivity contribution in [2.75, 3.05) is 10.6 Å². The van der Waals surface area contributed by atoms with E-state index in [4.69, 9.17) is 4.42 Å². The molecule has 1 fully saturated rings. The summed E-state index contributed by atoms with van der Waals surface area (Å²) in [5.74, 6) is 0.0813. The summed E-state index contributed by atoms with van der Waals surface area (Å²) in [5, 5.41) is 14.5. The zero-order valence-electron chi connectivity index (χ0n) is 16.4. The van der Waals surface area contributed by atoms with Crippen LogP contribution >= 0.6 is 0 Å². The molecule has 5 rings (SSSR count). The van der Waals surface area contributed by atoms with Gasteiger partial charge in [-0.1, -0.05) is 36.5 Å². The van der Waals surface area contributed by atoms with Gasteiger partial charge in [0.15, 0.2) is 0 Å². The van der Waals surface area contributed by atoms with E-state index in [1.807, 2.05) is 30.5 Å². The van der Waals surface area contributed by atoms with Gasteiger partial charge in [0.25, 0.3) is 0 Å². The fourth-order valence-electron chi connectivity index (χ4n) is 3.96. The van der Waals surface area contributed by atoms with Gasteiger partial charge in [-0.2, -0.15) is 0 Å². The van der Waals surface area contributed by atoms with Gasteiger partial charge >= 0.3 is 17.8 Å². The number of benzene rings is 1. The minimum Gasteiger partial charge on any atom is -0.399 e. The second-order valence-corrected chi connectivity index (χ2v) is 7.59. The van der Waals surface area contributed by atoms with Crippen molar-refractivity contribution in [3.05, 3.63) is 60.2 Å². The average Bonchev–Trinajstić information content (AvgIpc) is 3.44. The second-order valence-electron chi connectivity index (χ2n) is 7.59. The van der Waals surface area contributed by atoms with Crippen LogP contribution in [-0.4, -0.2) is 26.1 Å². The van der Waals surface area contributed by atoms with E-state index in [-0.39, 0.29) is 11.9 Å². The number of nitrogens with one attached hydrogen (secondary N) is 3. The summed E-state index contributed by atoms with van der Waals surface area (Å²) < 4.78 is 5.45. The van der Waals surface area contributed by atoms with Crippen molar-refractivity contribution in [3.8, 4) is 0 Å². The molecule has 1 saturated carbocycles. The Labute approximate surface area is 173 Å². The van der Waals surface area contributed by atoms with E-state index >= 15 is 0 Å². The molecule has 30 heavy (non-hydrogen) atoms. The lowest BCUT2D eigenvalue weighted by Crippen LogP contribution is -2.12. The molecule has 4 aromatic rings. The standard InChI is InChI=1S/C22H22N6O2/c29-20(25-17-8-6-15(7-9-17)14-4-2-1-3-5-14)21-27-28-22(30-21)26-18-12-16-10-11-23-19(16)24-13-18/h6-14H,1-5H2,(H,23,24)(H,25,29)(H,26,28). The molecule has 0 spiro atoms. The van der Waals surface area contributed by atoms with Crippen molar-refractivity contribution in [2.45, 2.75) is 38.0 Å². The van der Waals surface area contributed by atoms with Gasteiger partial charge in [0, 0.05) is 17.3 Å². The minimum absolute atomic E-state index is 0.107. The summed E-state index contributed by atoms with van der Waals surface area (Å²) in [7, 11) is 0. The van der Waals surface area contributed by atoms with Crippen LogP contribution in [0.4, 0.5) is 17.4 Å². The van der Waals surface area contributed by atoms with E-state index in [2.05, 4.69) is 42.9 Å². The molecule has 0 radical (unpaired) electrons. The van der Waals surface area contributed by atoms with Crippen LogP contribution in [0.3, 0.4) is 0 Å². The normalized spacial score (nSPS) is 14.7. The molecular formula is C22H22N6O2. The van der Waals surface area contributed by atoms with Gasteiger partial charge in [-0.15, -0.1) is 5.10 Å². The summed E-state index contributed by atoms with van der Waals surface area (Å²) in [6.45, 7) is 0. The number of anilines is 3. The summed E-state index contributed by atoms with van der Waals surface area (Å²) in [6, 6.07) is 12.0. The number of carbonyl (C=O) groups is 1. The van der Waals surface area contributed by atoms with Crippen LogP contribution in [0.15, 0.2) is 53.2 Å². The van der Waals surface area contributed by atoms with Crippen molar-refractivity contribution in [1.29, 1.82) is 0 Å². The number of pyridine rings is 1. The molecule has 0 unspecified atom stereocenters. The highest BCUT2D eigenvalue weighted by atomic mass is 16.4. The van der Waals surface area contributed by atoms with Gasteiger partial charge < -0.3 is 20.0 Å². The maximum Gasteiger partial charge on any atom is 0.320 e. The number of fused-ring (bicyclic) bond motifs is 1. The first-order valence-electron chi connectivity index (χ1n) is 10.2. The molecule has 152 valence electrons. The zero-order valence-corrected chi connectivity index (χ0v) is 16.4. The Morgan fingerprint density at radius 2 is 1.87 bits per heavy atom. The molecule has 1 aliphatic carbocycles. The summed E-state index contributed by atoms with van der Waals surface area (Å²) in [4.78, 5) is 19.8. The number of aromatic nitrogens is 4. The van der Waals surface area contributed by atoms with Crippen molar-refractivity contribution < 1.29 is 9.21 Å². The van der Waals surface area contributed by atoms with Gasteiger partial charge in [0.2, 0.25) is 0 Å². The van der Waals surface area contributed by atoms with E-state index in [9.17, 15) is 4.79 Å². The fourth-order valence-corrected chi connectivity index (χ4v) is 3.96. The number of amides is 1. The molecule has 0 atom stereocenters. The van der Waals surface area contributed by atoms with E-state index in [0.29, 0.717) is 17.3 Å². The number of hydrogen-bond acceptors (Lipinski definition) is 6.